The van der Waals surface area contributed by atoms with E-state index in [2.05, 4.69) is 15.9 Å². The highest BCUT2D eigenvalue weighted by Gasteiger charge is 2.02. The van der Waals surface area contributed by atoms with Crippen molar-refractivity contribution in [1.82, 2.24) is 0 Å². The fourth-order valence-electron chi connectivity index (χ4n) is 1.69. The van der Waals surface area contributed by atoms with Crippen LogP contribution in [0.4, 0.5) is 4.39 Å². The van der Waals surface area contributed by atoms with E-state index in [-0.39, 0.29) is 11.6 Å². The Morgan fingerprint density at radius 1 is 1.11 bits per heavy atom. The molecule has 0 aliphatic rings. The monoisotopic (exact) mass is 324 g/mol. The molecule has 0 bridgehead atoms. The summed E-state index contributed by atoms with van der Waals surface area (Å²) >= 11 is 3.33. The highest BCUT2D eigenvalue weighted by Crippen LogP contribution is 2.18. The van der Waals surface area contributed by atoms with Crippen molar-refractivity contribution in [3.8, 4) is 5.75 Å². The highest BCUT2D eigenvalue weighted by molar-refractivity contribution is 9.10. The third-order valence-electron chi connectivity index (χ3n) is 2.74. The maximum absolute atomic E-state index is 12.9. The van der Waals surface area contributed by atoms with Gasteiger partial charge in [0.05, 0.1) is 13.2 Å². The first-order valence-corrected chi connectivity index (χ1v) is 6.74. The van der Waals surface area contributed by atoms with Crippen molar-refractivity contribution in [2.24, 2.45) is 0 Å². The van der Waals surface area contributed by atoms with Crippen molar-refractivity contribution in [3.05, 3.63) is 63.9 Å². The van der Waals surface area contributed by atoms with Gasteiger partial charge >= 0.3 is 0 Å². The van der Waals surface area contributed by atoms with Crippen molar-refractivity contribution in [2.45, 2.75) is 13.0 Å². The van der Waals surface area contributed by atoms with Crippen LogP contribution in [0, 0.1) is 5.82 Å². The second-order valence-electron chi connectivity index (χ2n) is 4.20. The summed E-state index contributed by atoms with van der Waals surface area (Å²) in [6, 6.07) is 11.6. The zero-order valence-corrected chi connectivity index (χ0v) is 11.9. The molecule has 0 spiro atoms. The zero-order chi connectivity index (χ0) is 13.7. The second kappa shape index (κ2) is 6.68. The number of phenols is 1. The number of benzene rings is 2. The maximum Gasteiger partial charge on any atom is 0.124 e. The van der Waals surface area contributed by atoms with Crippen LogP contribution in [0.3, 0.4) is 0 Å². The number of halogens is 2. The minimum atomic E-state index is -0.249. The van der Waals surface area contributed by atoms with E-state index in [1.165, 1.54) is 12.1 Å². The molecule has 0 fully saturated rings. The molecule has 0 amide bonds. The largest absolute Gasteiger partial charge is 0.508 e. The Balaban J connectivity index is 1.79. The number of phenolic OH excluding ortho intramolecular Hbond substituents is 1. The lowest BCUT2D eigenvalue weighted by molar-refractivity contribution is 0.123. The zero-order valence-electron chi connectivity index (χ0n) is 10.3. The molecule has 100 valence electrons. The van der Waals surface area contributed by atoms with Crippen LogP contribution >= 0.6 is 15.9 Å². The van der Waals surface area contributed by atoms with Gasteiger partial charge in [-0.25, -0.2) is 4.39 Å². The molecule has 0 radical (unpaired) electrons. The molecule has 0 heterocycles. The predicted molar refractivity (Wildman–Crippen MR) is 75.6 cm³/mol. The van der Waals surface area contributed by atoms with Gasteiger partial charge in [-0.2, -0.15) is 0 Å². The van der Waals surface area contributed by atoms with E-state index in [4.69, 9.17) is 9.84 Å². The Morgan fingerprint density at radius 3 is 2.53 bits per heavy atom. The van der Waals surface area contributed by atoms with Crippen molar-refractivity contribution >= 4 is 15.9 Å². The van der Waals surface area contributed by atoms with E-state index >= 15 is 0 Å². The van der Waals surface area contributed by atoms with E-state index in [1.807, 2.05) is 12.1 Å². The third-order valence-corrected chi connectivity index (χ3v) is 3.47. The Hall–Kier alpha value is -1.39. The molecule has 2 aromatic rings. The normalized spacial score (nSPS) is 10.6. The lowest BCUT2D eigenvalue weighted by atomic mass is 10.1. The summed E-state index contributed by atoms with van der Waals surface area (Å²) in [4.78, 5) is 0. The molecule has 0 aliphatic carbocycles. The van der Waals surface area contributed by atoms with Gasteiger partial charge in [0.25, 0.3) is 0 Å². The van der Waals surface area contributed by atoms with Crippen LogP contribution in [0.2, 0.25) is 0 Å². The predicted octanol–water partition coefficient (Wildman–Crippen LogP) is 4.05. The second-order valence-corrected chi connectivity index (χ2v) is 5.06. The molecule has 19 heavy (non-hydrogen) atoms. The highest BCUT2D eigenvalue weighted by atomic mass is 79.9. The van der Waals surface area contributed by atoms with Crippen LogP contribution in [-0.4, -0.2) is 11.7 Å². The molecular formula is C15H14BrFO2. The van der Waals surface area contributed by atoms with Gasteiger partial charge in [-0.15, -0.1) is 0 Å². The molecule has 0 aromatic heterocycles. The van der Waals surface area contributed by atoms with E-state index in [1.54, 1.807) is 18.2 Å². The van der Waals surface area contributed by atoms with Gasteiger partial charge in [-0.1, -0.05) is 34.1 Å². The van der Waals surface area contributed by atoms with Crippen molar-refractivity contribution < 1.29 is 14.2 Å². The average Bonchev–Trinajstić information content (AvgIpc) is 2.39. The Kier molecular flexibility index (Phi) is 4.93. The average molecular weight is 325 g/mol. The van der Waals surface area contributed by atoms with Crippen LogP contribution in [0.15, 0.2) is 46.9 Å². The van der Waals surface area contributed by atoms with Gasteiger partial charge in [-0.05, 0) is 41.8 Å². The van der Waals surface area contributed by atoms with E-state index in [0.29, 0.717) is 13.2 Å². The standard InChI is InChI=1S/C15H14BrFO2/c16-15-9-13(17)4-3-12(15)7-8-19-10-11-1-5-14(18)6-2-11/h1-6,9,18H,7-8,10H2. The summed E-state index contributed by atoms with van der Waals surface area (Å²) in [6.07, 6.45) is 0.721. The third kappa shape index (κ3) is 4.33. The molecule has 0 unspecified atom stereocenters. The smallest absolute Gasteiger partial charge is 0.124 e. The number of aromatic hydroxyl groups is 1. The van der Waals surface area contributed by atoms with Crippen LogP contribution in [0.5, 0.6) is 5.75 Å². The number of hydrogen-bond donors (Lipinski definition) is 1. The SMILES string of the molecule is Oc1ccc(COCCc2ccc(F)cc2Br)cc1. The summed E-state index contributed by atoms with van der Waals surface area (Å²) in [6.45, 7) is 1.06. The molecule has 2 rings (SSSR count). The first-order chi connectivity index (χ1) is 9.15. The molecule has 0 saturated carbocycles. The van der Waals surface area contributed by atoms with Crippen LogP contribution in [0.1, 0.15) is 11.1 Å². The lowest BCUT2D eigenvalue weighted by Crippen LogP contribution is -2.00. The topological polar surface area (TPSA) is 29.5 Å². The summed E-state index contributed by atoms with van der Waals surface area (Å²) in [5.74, 6) is -0.000343. The minimum absolute atomic E-state index is 0.249. The minimum Gasteiger partial charge on any atom is -0.508 e. The Bertz CT molecular complexity index is 540. The van der Waals surface area contributed by atoms with E-state index in [0.717, 1.165) is 22.0 Å². The number of hydrogen-bond acceptors (Lipinski definition) is 2. The van der Waals surface area contributed by atoms with Crippen LogP contribution in [-0.2, 0) is 17.8 Å². The first kappa shape index (κ1) is 14.0. The van der Waals surface area contributed by atoms with Crippen molar-refractivity contribution in [2.75, 3.05) is 6.61 Å². The summed E-state index contributed by atoms with van der Waals surface area (Å²) in [7, 11) is 0. The van der Waals surface area contributed by atoms with Gasteiger partial charge in [0.15, 0.2) is 0 Å². The molecule has 2 nitrogen and oxygen atoms in total. The molecule has 0 atom stereocenters. The van der Waals surface area contributed by atoms with E-state index in [9.17, 15) is 4.39 Å². The Morgan fingerprint density at radius 2 is 1.84 bits per heavy atom. The lowest BCUT2D eigenvalue weighted by Gasteiger charge is -2.06. The van der Waals surface area contributed by atoms with Gasteiger partial charge in [0.1, 0.15) is 11.6 Å². The van der Waals surface area contributed by atoms with Crippen molar-refractivity contribution in [3.63, 3.8) is 0 Å². The summed E-state index contributed by atoms with van der Waals surface area (Å²) < 4.78 is 19.2. The molecule has 4 heteroatoms. The summed E-state index contributed by atoms with van der Waals surface area (Å²) in [5, 5.41) is 9.15. The molecule has 2 aromatic carbocycles. The van der Waals surface area contributed by atoms with Gasteiger partial charge in [-0.3, -0.25) is 0 Å². The molecule has 1 N–H and O–H groups in total. The van der Waals surface area contributed by atoms with E-state index < -0.39 is 0 Å². The van der Waals surface area contributed by atoms with Gasteiger partial charge in [0, 0.05) is 4.47 Å². The summed E-state index contributed by atoms with van der Waals surface area (Å²) in [5.41, 5.74) is 2.03. The van der Waals surface area contributed by atoms with Crippen LogP contribution < -0.4 is 0 Å². The molecule has 0 aliphatic heterocycles. The van der Waals surface area contributed by atoms with Crippen LogP contribution in [0.25, 0.3) is 0 Å². The first-order valence-electron chi connectivity index (χ1n) is 5.95. The number of rotatable bonds is 5. The molecular weight excluding hydrogens is 311 g/mol. The Labute approximate surface area is 120 Å². The molecule has 0 saturated heterocycles. The van der Waals surface area contributed by atoms with Gasteiger partial charge < -0.3 is 9.84 Å². The fourth-order valence-corrected chi connectivity index (χ4v) is 2.24. The maximum atomic E-state index is 12.9. The number of ether oxygens (including phenoxy) is 1. The fraction of sp³-hybridized carbons (Fsp3) is 0.200. The van der Waals surface area contributed by atoms with Gasteiger partial charge in [0.2, 0.25) is 0 Å². The van der Waals surface area contributed by atoms with Crippen molar-refractivity contribution in [1.29, 1.82) is 0 Å². The quantitative estimate of drug-likeness (QED) is 0.840.